The number of amides is 1. The van der Waals surface area contributed by atoms with Crippen molar-refractivity contribution in [3.05, 3.63) is 42.0 Å². The van der Waals surface area contributed by atoms with Gasteiger partial charge < -0.3 is 9.88 Å². The number of halogens is 3. The van der Waals surface area contributed by atoms with E-state index in [9.17, 15) is 18.0 Å². The molecule has 0 spiro atoms. The number of rotatable bonds is 5. The summed E-state index contributed by atoms with van der Waals surface area (Å²) in [4.78, 5) is 12.1. The van der Waals surface area contributed by atoms with Crippen LogP contribution in [0.15, 0.2) is 35.5 Å². The second kappa shape index (κ2) is 7.03. The normalized spacial score (nSPS) is 11.7. The van der Waals surface area contributed by atoms with E-state index in [4.69, 9.17) is 0 Å². The van der Waals surface area contributed by atoms with Crippen molar-refractivity contribution in [3.63, 3.8) is 0 Å². The zero-order chi connectivity index (χ0) is 17.0. The number of thioether (sulfide) groups is 1. The van der Waals surface area contributed by atoms with Crippen LogP contribution in [0.5, 0.6) is 0 Å². The first-order valence-electron chi connectivity index (χ1n) is 6.78. The molecule has 124 valence electrons. The third-order valence-electron chi connectivity index (χ3n) is 2.96. The Morgan fingerprint density at radius 3 is 2.52 bits per heavy atom. The van der Waals surface area contributed by atoms with Crippen LogP contribution in [0.1, 0.15) is 36.1 Å². The summed E-state index contributed by atoms with van der Waals surface area (Å²) in [6.45, 7) is 4.12. The average molecular weight is 344 g/mol. The fraction of sp³-hybridized carbons (Fsp3) is 0.357. The quantitative estimate of drug-likeness (QED) is 0.845. The van der Waals surface area contributed by atoms with Crippen molar-refractivity contribution in [2.24, 2.45) is 0 Å². The topological polar surface area (TPSA) is 59.8 Å². The highest BCUT2D eigenvalue weighted by molar-refractivity contribution is 8.00. The predicted molar refractivity (Wildman–Crippen MR) is 79.9 cm³/mol. The van der Waals surface area contributed by atoms with E-state index in [2.05, 4.69) is 15.5 Å². The Morgan fingerprint density at radius 1 is 1.30 bits per heavy atom. The molecule has 0 aliphatic carbocycles. The molecule has 0 radical (unpaired) electrons. The smallest absolute Gasteiger partial charge is 0.345 e. The van der Waals surface area contributed by atoms with Gasteiger partial charge in [-0.1, -0.05) is 0 Å². The molecule has 0 fully saturated rings. The molecule has 1 heterocycles. The van der Waals surface area contributed by atoms with Crippen molar-refractivity contribution in [1.29, 1.82) is 0 Å². The molecule has 0 unspecified atom stereocenters. The molecule has 2 aromatic rings. The number of carbonyl (C=O) groups excluding carboxylic acids is 1. The van der Waals surface area contributed by atoms with E-state index in [0.29, 0.717) is 5.82 Å². The number of hydrogen-bond acceptors (Lipinski definition) is 4. The first kappa shape index (κ1) is 17.3. The Kier molecular flexibility index (Phi) is 5.30. The first-order chi connectivity index (χ1) is 10.8. The van der Waals surface area contributed by atoms with Crippen molar-refractivity contribution >= 4 is 17.7 Å². The van der Waals surface area contributed by atoms with Gasteiger partial charge in [-0.25, -0.2) is 0 Å². The molecule has 5 nitrogen and oxygen atoms in total. The maximum absolute atomic E-state index is 12.2. The molecule has 0 aliphatic rings. The molecule has 1 aromatic heterocycles. The molecular formula is C14H15F3N4OS. The number of hydrogen-bond donors (Lipinski definition) is 1. The van der Waals surface area contributed by atoms with Crippen LogP contribution in [0, 0.1) is 0 Å². The van der Waals surface area contributed by atoms with Crippen LogP contribution in [0.25, 0.3) is 0 Å². The molecule has 0 saturated carbocycles. The second-order valence-corrected chi connectivity index (χ2v) is 6.14. The maximum Gasteiger partial charge on any atom is 0.446 e. The van der Waals surface area contributed by atoms with E-state index in [1.165, 1.54) is 24.3 Å². The van der Waals surface area contributed by atoms with Crippen molar-refractivity contribution < 1.29 is 18.0 Å². The molecule has 0 bridgehead atoms. The summed E-state index contributed by atoms with van der Waals surface area (Å²) in [5, 5.41) is 10.4. The Bertz CT molecular complexity index is 667. The number of nitrogens with one attached hydrogen (secondary N) is 1. The summed E-state index contributed by atoms with van der Waals surface area (Å²) in [7, 11) is 0. The number of alkyl halides is 3. The number of benzene rings is 1. The van der Waals surface area contributed by atoms with Crippen LogP contribution in [0.4, 0.5) is 13.2 Å². The monoisotopic (exact) mass is 344 g/mol. The van der Waals surface area contributed by atoms with Gasteiger partial charge in [0, 0.05) is 16.5 Å². The SMILES string of the molecule is CC(C)n1cnnc1CNC(=O)c1ccc(SC(F)(F)F)cc1. The number of aromatic nitrogens is 3. The molecule has 9 heteroatoms. The van der Waals surface area contributed by atoms with Gasteiger partial charge in [0.15, 0.2) is 5.82 Å². The summed E-state index contributed by atoms with van der Waals surface area (Å²) < 4.78 is 38.6. The van der Waals surface area contributed by atoms with Gasteiger partial charge in [-0.05, 0) is 49.9 Å². The van der Waals surface area contributed by atoms with Crippen LogP contribution in [0.3, 0.4) is 0 Å². The highest BCUT2D eigenvalue weighted by atomic mass is 32.2. The molecular weight excluding hydrogens is 329 g/mol. The van der Waals surface area contributed by atoms with Crippen LogP contribution in [-0.2, 0) is 6.54 Å². The number of nitrogens with zero attached hydrogens (tertiary/aromatic N) is 3. The third-order valence-corrected chi connectivity index (χ3v) is 3.70. The van der Waals surface area contributed by atoms with Gasteiger partial charge in [-0.3, -0.25) is 4.79 Å². The van der Waals surface area contributed by atoms with E-state index in [0.717, 1.165) is 0 Å². The molecule has 0 atom stereocenters. The second-order valence-electron chi connectivity index (χ2n) is 5.00. The van der Waals surface area contributed by atoms with Crippen molar-refractivity contribution in [3.8, 4) is 0 Å². The summed E-state index contributed by atoms with van der Waals surface area (Å²) >= 11 is -0.216. The summed E-state index contributed by atoms with van der Waals surface area (Å²) in [6.07, 6.45) is 1.58. The van der Waals surface area contributed by atoms with Crippen LogP contribution >= 0.6 is 11.8 Å². The minimum atomic E-state index is -4.34. The largest absolute Gasteiger partial charge is 0.446 e. The van der Waals surface area contributed by atoms with E-state index < -0.39 is 5.51 Å². The van der Waals surface area contributed by atoms with Gasteiger partial charge in [0.1, 0.15) is 6.33 Å². The molecule has 1 amide bonds. The summed E-state index contributed by atoms with van der Waals surface area (Å²) in [5.74, 6) is 0.226. The van der Waals surface area contributed by atoms with Crippen molar-refractivity contribution in [2.45, 2.75) is 36.8 Å². The minimum absolute atomic E-state index is 0.0357. The van der Waals surface area contributed by atoms with Gasteiger partial charge in [0.2, 0.25) is 0 Å². The summed E-state index contributed by atoms with van der Waals surface area (Å²) in [6, 6.07) is 5.41. The van der Waals surface area contributed by atoms with Gasteiger partial charge in [-0.15, -0.1) is 10.2 Å². The lowest BCUT2D eigenvalue weighted by Crippen LogP contribution is -2.25. The standard InChI is InChI=1S/C14H15F3N4OS/c1-9(2)21-8-19-20-12(21)7-18-13(22)10-3-5-11(6-4-10)23-14(15,16)17/h3-6,8-9H,7H2,1-2H3,(H,18,22). The Balaban J connectivity index is 1.97. The summed E-state index contributed by atoms with van der Waals surface area (Å²) in [5.41, 5.74) is -4.06. The van der Waals surface area contributed by atoms with Crippen LogP contribution < -0.4 is 5.32 Å². The molecule has 0 aliphatic heterocycles. The zero-order valence-electron chi connectivity index (χ0n) is 12.5. The van der Waals surface area contributed by atoms with Crippen molar-refractivity contribution in [1.82, 2.24) is 20.1 Å². The predicted octanol–water partition coefficient (Wildman–Crippen LogP) is 3.40. The highest BCUT2D eigenvalue weighted by Gasteiger charge is 2.29. The maximum atomic E-state index is 12.2. The van der Waals surface area contributed by atoms with Gasteiger partial charge in [0.05, 0.1) is 6.54 Å². The lowest BCUT2D eigenvalue weighted by atomic mass is 10.2. The molecule has 23 heavy (non-hydrogen) atoms. The first-order valence-corrected chi connectivity index (χ1v) is 7.60. The Hall–Kier alpha value is -2.03. The van der Waals surface area contributed by atoms with E-state index in [-0.39, 0.29) is 40.7 Å². The molecule has 1 N–H and O–H groups in total. The average Bonchev–Trinajstić information content (AvgIpc) is 2.92. The fourth-order valence-electron chi connectivity index (χ4n) is 1.89. The fourth-order valence-corrected chi connectivity index (χ4v) is 2.43. The van der Waals surface area contributed by atoms with Gasteiger partial charge in [-0.2, -0.15) is 13.2 Å². The zero-order valence-corrected chi connectivity index (χ0v) is 13.3. The third kappa shape index (κ3) is 4.98. The number of carbonyl (C=O) groups is 1. The minimum Gasteiger partial charge on any atom is -0.345 e. The van der Waals surface area contributed by atoms with E-state index >= 15 is 0 Å². The Morgan fingerprint density at radius 2 is 1.96 bits per heavy atom. The van der Waals surface area contributed by atoms with Crippen LogP contribution in [-0.4, -0.2) is 26.2 Å². The Labute approximate surface area is 135 Å². The van der Waals surface area contributed by atoms with Crippen molar-refractivity contribution in [2.75, 3.05) is 0 Å². The highest BCUT2D eigenvalue weighted by Crippen LogP contribution is 2.36. The molecule has 2 rings (SSSR count). The lowest BCUT2D eigenvalue weighted by Gasteiger charge is -2.11. The molecule has 1 aromatic carbocycles. The van der Waals surface area contributed by atoms with Crippen LogP contribution in [0.2, 0.25) is 0 Å². The van der Waals surface area contributed by atoms with E-state index in [1.54, 1.807) is 6.33 Å². The van der Waals surface area contributed by atoms with Gasteiger partial charge >= 0.3 is 5.51 Å². The lowest BCUT2D eigenvalue weighted by molar-refractivity contribution is -0.0328. The van der Waals surface area contributed by atoms with E-state index in [1.807, 2.05) is 18.4 Å². The van der Waals surface area contributed by atoms with Gasteiger partial charge in [0.25, 0.3) is 5.91 Å². The molecule has 0 saturated heterocycles.